The molecule has 118 valence electrons. The number of ether oxygens (including phenoxy) is 1. The van der Waals surface area contributed by atoms with Crippen molar-refractivity contribution in [2.75, 3.05) is 25.5 Å². The molecule has 0 atom stereocenters. The van der Waals surface area contributed by atoms with E-state index in [1.54, 1.807) is 5.32 Å². The average molecular weight is 332 g/mol. The van der Waals surface area contributed by atoms with E-state index in [-0.39, 0.29) is 6.61 Å². The van der Waals surface area contributed by atoms with Gasteiger partial charge >= 0.3 is 29.8 Å². The summed E-state index contributed by atoms with van der Waals surface area (Å²) in [7, 11) is -9.32. The van der Waals surface area contributed by atoms with Gasteiger partial charge in [-0.05, 0) is 0 Å². The molecular formula is C6H16N2O10Si2. The van der Waals surface area contributed by atoms with Gasteiger partial charge in [0.05, 0.1) is 18.9 Å². The number of nitrogens with one attached hydrogen (secondary N) is 2. The first-order valence-corrected chi connectivity index (χ1v) is 9.18. The van der Waals surface area contributed by atoms with Crippen molar-refractivity contribution in [1.82, 2.24) is 10.6 Å². The Morgan fingerprint density at radius 3 is 1.95 bits per heavy atom. The Kier molecular flexibility index (Phi) is 7.60. The highest BCUT2D eigenvalue weighted by Gasteiger charge is 2.46. The number of carbonyl (C=O) groups is 2. The number of hydrogen-bond acceptors (Lipinski definition) is 9. The van der Waals surface area contributed by atoms with Crippen LogP contribution in [0, 0.1) is 0 Å². The van der Waals surface area contributed by atoms with Crippen molar-refractivity contribution in [1.29, 1.82) is 0 Å². The van der Waals surface area contributed by atoms with Crippen LogP contribution in [0.4, 0.5) is 9.59 Å². The summed E-state index contributed by atoms with van der Waals surface area (Å²) in [6.07, 6.45) is -4.38. The molecule has 2 amide bonds. The van der Waals surface area contributed by atoms with Gasteiger partial charge in [0, 0.05) is 0 Å². The molecule has 0 aromatic rings. The van der Waals surface area contributed by atoms with Crippen LogP contribution in [0.25, 0.3) is 0 Å². The second kappa shape index (κ2) is 8.12. The van der Waals surface area contributed by atoms with Crippen LogP contribution in [0.1, 0.15) is 0 Å². The van der Waals surface area contributed by atoms with Crippen LogP contribution < -0.4 is 10.6 Å². The van der Waals surface area contributed by atoms with Gasteiger partial charge in [0.1, 0.15) is 6.61 Å². The molecule has 0 aliphatic rings. The highest BCUT2D eigenvalue weighted by molar-refractivity contribution is 6.72. The Balaban J connectivity index is 4.21. The van der Waals surface area contributed by atoms with E-state index in [1.165, 1.54) is 0 Å². The van der Waals surface area contributed by atoms with Crippen LogP contribution in [0.3, 0.4) is 0 Å². The van der Waals surface area contributed by atoms with Crippen LogP contribution >= 0.6 is 0 Å². The van der Waals surface area contributed by atoms with Gasteiger partial charge in [0.2, 0.25) is 0 Å². The fourth-order valence-corrected chi connectivity index (χ4v) is 4.33. The van der Waals surface area contributed by atoms with Crippen LogP contribution in [-0.2, 0) is 8.85 Å². The Bertz CT molecular complexity index is 338. The first-order valence-electron chi connectivity index (χ1n) is 5.16. The van der Waals surface area contributed by atoms with Crippen molar-refractivity contribution in [3.05, 3.63) is 0 Å². The number of aliphatic hydroxyl groups excluding tert-OH is 1. The quantitative estimate of drug-likeness (QED) is 0.202. The highest BCUT2D eigenvalue weighted by atomic mass is 28.5. The molecule has 14 heteroatoms. The predicted molar refractivity (Wildman–Crippen MR) is 63.9 cm³/mol. The Labute approximate surface area is 114 Å². The molecule has 0 aliphatic carbocycles. The number of carboxylic acid groups (broad SMARTS) is 1. The van der Waals surface area contributed by atoms with Crippen molar-refractivity contribution in [2.24, 2.45) is 0 Å². The molecule has 0 saturated heterocycles. The molecule has 0 bridgehead atoms. The second-order valence-corrected chi connectivity index (χ2v) is 7.96. The minimum Gasteiger partial charge on any atom is -0.465 e. The Hall–Kier alpha value is -1.27. The molecule has 0 fully saturated rings. The zero-order chi connectivity index (χ0) is 15.8. The third kappa shape index (κ3) is 9.64. The van der Waals surface area contributed by atoms with Gasteiger partial charge in [-0.2, -0.15) is 0 Å². The van der Waals surface area contributed by atoms with Crippen molar-refractivity contribution < 1.29 is 47.8 Å². The monoisotopic (exact) mass is 332 g/mol. The lowest BCUT2D eigenvalue weighted by molar-refractivity contribution is 0.115. The molecule has 0 aromatic heterocycles. The fraction of sp³-hybridized carbons (Fsp3) is 0.667. The first-order chi connectivity index (χ1) is 9.08. The molecule has 0 saturated carbocycles. The van der Waals surface area contributed by atoms with Crippen LogP contribution in [-0.4, -0.2) is 84.7 Å². The summed E-state index contributed by atoms with van der Waals surface area (Å²) >= 11 is 0. The molecule has 8 N–H and O–H groups in total. The number of rotatable bonds is 8. The van der Waals surface area contributed by atoms with E-state index in [2.05, 4.69) is 8.85 Å². The van der Waals surface area contributed by atoms with E-state index in [4.69, 9.17) is 10.2 Å². The number of carbonyl (C=O) groups excluding carboxylic acids is 1. The van der Waals surface area contributed by atoms with Crippen molar-refractivity contribution >= 4 is 29.8 Å². The third-order valence-electron chi connectivity index (χ3n) is 1.58. The average Bonchev–Trinajstić information content (AvgIpc) is 2.30. The van der Waals surface area contributed by atoms with E-state index >= 15 is 0 Å². The van der Waals surface area contributed by atoms with Gasteiger partial charge in [0.25, 0.3) is 0 Å². The summed E-state index contributed by atoms with van der Waals surface area (Å²) in [6, 6.07) is 0. The number of alkyl carbamates (subject to hydrolysis) is 1. The zero-order valence-electron chi connectivity index (χ0n) is 10.1. The molecule has 0 radical (unpaired) electrons. The van der Waals surface area contributed by atoms with Gasteiger partial charge in [-0.15, -0.1) is 0 Å². The van der Waals surface area contributed by atoms with Crippen LogP contribution in [0.15, 0.2) is 0 Å². The topological polar surface area (TPSA) is 198 Å². The van der Waals surface area contributed by atoms with E-state index in [9.17, 15) is 28.8 Å². The molecular weight excluding hydrogens is 316 g/mol. The van der Waals surface area contributed by atoms with Gasteiger partial charge in [0.15, 0.2) is 0 Å². The highest BCUT2D eigenvalue weighted by Crippen LogP contribution is 2.03. The molecule has 0 spiro atoms. The summed E-state index contributed by atoms with van der Waals surface area (Å²) in [5, 5.41) is 20.1. The summed E-state index contributed by atoms with van der Waals surface area (Å²) in [6.45, 7) is -0.728. The lowest BCUT2D eigenvalue weighted by atomic mass is 10.8. The van der Waals surface area contributed by atoms with Crippen molar-refractivity contribution in [3.63, 3.8) is 0 Å². The smallest absolute Gasteiger partial charge is 0.465 e. The summed E-state index contributed by atoms with van der Waals surface area (Å²) < 4.78 is 8.62. The van der Waals surface area contributed by atoms with E-state index in [0.717, 1.165) is 0 Å². The number of amides is 2. The first kappa shape index (κ1) is 18.7. The molecule has 0 aliphatic heterocycles. The zero-order valence-corrected chi connectivity index (χ0v) is 12.1. The molecule has 0 heterocycles. The third-order valence-corrected chi connectivity index (χ3v) is 5.47. The number of aliphatic hydroxyl groups is 1. The molecule has 0 aromatic carbocycles. The Morgan fingerprint density at radius 2 is 1.50 bits per heavy atom. The van der Waals surface area contributed by atoms with Gasteiger partial charge in [-0.1, -0.05) is 0 Å². The van der Waals surface area contributed by atoms with Crippen molar-refractivity contribution in [3.8, 4) is 0 Å². The summed E-state index contributed by atoms with van der Waals surface area (Å²) in [4.78, 5) is 58.4. The molecule has 12 nitrogen and oxygen atoms in total. The van der Waals surface area contributed by atoms with Gasteiger partial charge in [-0.3, -0.25) is 0 Å². The molecule has 0 unspecified atom stereocenters. The lowest BCUT2D eigenvalue weighted by Gasteiger charge is -2.25. The maximum atomic E-state index is 10.9. The fourth-order valence-electron chi connectivity index (χ4n) is 0.901. The standard InChI is InChI=1S/C6H16N2O10Si2/c9-1-2-17-6(12)8-4-20(15,16)18-19(13,14)3-7-5(10)11/h7,9,13-16H,1-4H2,(H,8,12)(H,10,11). The maximum absolute atomic E-state index is 10.9. The minimum atomic E-state index is -4.66. The largest absolute Gasteiger partial charge is 0.508 e. The van der Waals surface area contributed by atoms with E-state index < -0.39 is 48.7 Å². The SMILES string of the molecule is O=C(O)NC[Si](O)(O)O[Si](O)(O)CNC(=O)OCCO. The van der Waals surface area contributed by atoms with Crippen LogP contribution in [0.5, 0.6) is 0 Å². The minimum absolute atomic E-state index is 0.306. The normalized spacial score (nSPS) is 11.8. The maximum Gasteiger partial charge on any atom is 0.508 e. The number of hydrogen-bond donors (Lipinski definition) is 8. The van der Waals surface area contributed by atoms with Gasteiger partial charge < -0.3 is 48.9 Å². The van der Waals surface area contributed by atoms with Crippen molar-refractivity contribution in [2.45, 2.75) is 0 Å². The Morgan fingerprint density at radius 1 is 1.00 bits per heavy atom. The summed E-state index contributed by atoms with van der Waals surface area (Å²) in [5.41, 5.74) is 0. The predicted octanol–water partition coefficient (Wildman–Crippen LogP) is -4.09. The lowest BCUT2D eigenvalue weighted by Crippen LogP contribution is -2.62. The summed E-state index contributed by atoms with van der Waals surface area (Å²) in [5.74, 6) is 0. The second-order valence-electron chi connectivity index (χ2n) is 3.46. The molecule has 20 heavy (non-hydrogen) atoms. The van der Waals surface area contributed by atoms with Gasteiger partial charge in [-0.25, -0.2) is 9.59 Å². The van der Waals surface area contributed by atoms with E-state index in [1.807, 2.05) is 5.32 Å². The van der Waals surface area contributed by atoms with Crippen LogP contribution in [0.2, 0.25) is 0 Å². The molecule has 0 rings (SSSR count). The van der Waals surface area contributed by atoms with E-state index in [0.29, 0.717) is 0 Å².